The van der Waals surface area contributed by atoms with Crippen molar-refractivity contribution in [2.45, 2.75) is 38.4 Å². The standard InChI is InChI=1S/C13H21NO4S/c1-10(2)18-8-7-14-19(16,17)13-6-4-5-12(9-15)11(13)3/h4-6,10,14-15H,7-9H2,1-3H3. The second-order valence-corrected chi connectivity index (χ2v) is 6.25. The Kier molecular flexibility index (Phi) is 5.93. The summed E-state index contributed by atoms with van der Waals surface area (Å²) in [6.45, 7) is 5.85. The first-order valence-corrected chi connectivity index (χ1v) is 7.67. The van der Waals surface area contributed by atoms with Crippen molar-refractivity contribution >= 4 is 10.0 Å². The fraction of sp³-hybridized carbons (Fsp3) is 0.538. The van der Waals surface area contributed by atoms with E-state index in [1.807, 2.05) is 13.8 Å². The van der Waals surface area contributed by atoms with Crippen LogP contribution in [-0.4, -0.2) is 32.8 Å². The molecule has 0 aromatic heterocycles. The Morgan fingerprint density at radius 1 is 1.37 bits per heavy atom. The summed E-state index contributed by atoms with van der Waals surface area (Å²) in [4.78, 5) is 0.198. The van der Waals surface area contributed by atoms with Gasteiger partial charge in [-0.05, 0) is 38.0 Å². The molecule has 0 fully saturated rings. The molecule has 0 saturated carbocycles. The number of hydrogen-bond donors (Lipinski definition) is 2. The molecule has 0 saturated heterocycles. The molecule has 19 heavy (non-hydrogen) atoms. The van der Waals surface area contributed by atoms with Crippen LogP contribution in [0.3, 0.4) is 0 Å². The minimum Gasteiger partial charge on any atom is -0.392 e. The van der Waals surface area contributed by atoms with Gasteiger partial charge in [0.15, 0.2) is 0 Å². The van der Waals surface area contributed by atoms with Crippen LogP contribution in [0.15, 0.2) is 23.1 Å². The summed E-state index contributed by atoms with van der Waals surface area (Å²) in [5, 5.41) is 9.15. The van der Waals surface area contributed by atoms with E-state index in [0.717, 1.165) is 0 Å². The maximum Gasteiger partial charge on any atom is 0.240 e. The van der Waals surface area contributed by atoms with Gasteiger partial charge in [0.25, 0.3) is 0 Å². The summed E-state index contributed by atoms with van der Waals surface area (Å²) in [5.41, 5.74) is 1.18. The summed E-state index contributed by atoms with van der Waals surface area (Å²) in [6.07, 6.45) is 0.0731. The molecule has 1 rings (SSSR count). The zero-order chi connectivity index (χ0) is 14.5. The van der Waals surface area contributed by atoms with Gasteiger partial charge in [-0.1, -0.05) is 12.1 Å². The van der Waals surface area contributed by atoms with Crippen molar-refractivity contribution in [1.82, 2.24) is 4.72 Å². The van der Waals surface area contributed by atoms with E-state index in [0.29, 0.717) is 17.7 Å². The zero-order valence-electron chi connectivity index (χ0n) is 11.5. The summed E-state index contributed by atoms with van der Waals surface area (Å²) in [6, 6.07) is 4.86. The molecule has 0 aliphatic carbocycles. The van der Waals surface area contributed by atoms with Crippen LogP contribution in [0.4, 0.5) is 0 Å². The molecule has 0 atom stereocenters. The Balaban J connectivity index is 2.78. The Labute approximate surface area is 114 Å². The highest BCUT2D eigenvalue weighted by Gasteiger charge is 2.17. The highest BCUT2D eigenvalue weighted by Crippen LogP contribution is 2.18. The van der Waals surface area contributed by atoms with Gasteiger partial charge in [-0.15, -0.1) is 0 Å². The van der Waals surface area contributed by atoms with Crippen LogP contribution in [0.1, 0.15) is 25.0 Å². The normalized spacial score (nSPS) is 12.1. The van der Waals surface area contributed by atoms with E-state index >= 15 is 0 Å². The number of benzene rings is 1. The van der Waals surface area contributed by atoms with E-state index in [4.69, 9.17) is 9.84 Å². The van der Waals surface area contributed by atoms with Crippen molar-refractivity contribution in [3.63, 3.8) is 0 Å². The van der Waals surface area contributed by atoms with Crippen molar-refractivity contribution in [3.05, 3.63) is 29.3 Å². The van der Waals surface area contributed by atoms with Crippen LogP contribution in [0.5, 0.6) is 0 Å². The lowest BCUT2D eigenvalue weighted by molar-refractivity contribution is 0.0834. The summed E-state index contributed by atoms with van der Waals surface area (Å²) in [5.74, 6) is 0. The molecule has 1 aromatic rings. The average Bonchev–Trinajstić information content (AvgIpc) is 2.34. The van der Waals surface area contributed by atoms with E-state index in [9.17, 15) is 8.42 Å². The first kappa shape index (κ1) is 16.1. The van der Waals surface area contributed by atoms with Crippen molar-refractivity contribution in [1.29, 1.82) is 0 Å². The highest BCUT2D eigenvalue weighted by atomic mass is 32.2. The number of ether oxygens (including phenoxy) is 1. The molecule has 0 unspecified atom stereocenters. The van der Waals surface area contributed by atoms with Gasteiger partial charge in [0.1, 0.15) is 0 Å². The van der Waals surface area contributed by atoms with Gasteiger partial charge in [-0.2, -0.15) is 0 Å². The second-order valence-electron chi connectivity index (χ2n) is 4.52. The SMILES string of the molecule is Cc1c(CO)cccc1S(=O)(=O)NCCOC(C)C. The zero-order valence-corrected chi connectivity index (χ0v) is 12.3. The van der Waals surface area contributed by atoms with Gasteiger partial charge >= 0.3 is 0 Å². The average molecular weight is 287 g/mol. The summed E-state index contributed by atoms with van der Waals surface area (Å²) in [7, 11) is -3.56. The lowest BCUT2D eigenvalue weighted by Crippen LogP contribution is -2.29. The van der Waals surface area contributed by atoms with Crippen LogP contribution < -0.4 is 4.72 Å². The highest BCUT2D eigenvalue weighted by molar-refractivity contribution is 7.89. The van der Waals surface area contributed by atoms with Crippen LogP contribution >= 0.6 is 0 Å². The summed E-state index contributed by atoms with van der Waals surface area (Å²) < 4.78 is 32.0. The van der Waals surface area contributed by atoms with Crippen LogP contribution in [0, 0.1) is 6.92 Å². The molecule has 108 valence electrons. The maximum absolute atomic E-state index is 12.1. The quantitative estimate of drug-likeness (QED) is 0.739. The van der Waals surface area contributed by atoms with Gasteiger partial charge in [0.05, 0.1) is 24.2 Å². The molecule has 0 amide bonds. The third kappa shape index (κ3) is 4.58. The van der Waals surface area contributed by atoms with Gasteiger partial charge < -0.3 is 9.84 Å². The minimum absolute atomic E-state index is 0.0731. The van der Waals surface area contributed by atoms with E-state index in [-0.39, 0.29) is 24.2 Å². The lowest BCUT2D eigenvalue weighted by Gasteiger charge is -2.12. The second kappa shape index (κ2) is 7.00. The fourth-order valence-corrected chi connectivity index (χ4v) is 2.97. The van der Waals surface area contributed by atoms with E-state index in [1.165, 1.54) is 6.07 Å². The van der Waals surface area contributed by atoms with Gasteiger partial charge in [-0.25, -0.2) is 13.1 Å². The Bertz CT molecular complexity index is 511. The van der Waals surface area contributed by atoms with Gasteiger partial charge in [0, 0.05) is 6.54 Å². The minimum atomic E-state index is -3.56. The summed E-state index contributed by atoms with van der Waals surface area (Å²) >= 11 is 0. The van der Waals surface area contributed by atoms with Crippen molar-refractivity contribution in [2.24, 2.45) is 0 Å². The molecule has 0 bridgehead atoms. The first-order valence-electron chi connectivity index (χ1n) is 6.19. The molecular formula is C13H21NO4S. The maximum atomic E-state index is 12.1. The van der Waals surface area contributed by atoms with Crippen LogP contribution in [-0.2, 0) is 21.4 Å². The predicted octanol–water partition coefficient (Wildman–Crippen LogP) is 1.19. The molecule has 0 heterocycles. The fourth-order valence-electron chi connectivity index (χ4n) is 1.67. The molecular weight excluding hydrogens is 266 g/mol. The van der Waals surface area contributed by atoms with E-state index < -0.39 is 10.0 Å². The van der Waals surface area contributed by atoms with Crippen molar-refractivity contribution < 1.29 is 18.3 Å². The number of rotatable bonds is 7. The van der Waals surface area contributed by atoms with Crippen molar-refractivity contribution in [2.75, 3.05) is 13.2 Å². The van der Waals surface area contributed by atoms with E-state index in [2.05, 4.69) is 4.72 Å². The molecule has 2 N–H and O–H groups in total. The monoisotopic (exact) mass is 287 g/mol. The Hall–Kier alpha value is -0.950. The molecule has 1 aromatic carbocycles. The molecule has 0 radical (unpaired) electrons. The number of hydrogen-bond acceptors (Lipinski definition) is 4. The molecule has 0 spiro atoms. The lowest BCUT2D eigenvalue weighted by atomic mass is 10.1. The number of sulfonamides is 1. The largest absolute Gasteiger partial charge is 0.392 e. The van der Waals surface area contributed by atoms with E-state index in [1.54, 1.807) is 19.1 Å². The van der Waals surface area contributed by atoms with Crippen LogP contribution in [0.25, 0.3) is 0 Å². The number of aliphatic hydroxyl groups excluding tert-OH is 1. The third-order valence-electron chi connectivity index (χ3n) is 2.70. The predicted molar refractivity (Wildman–Crippen MR) is 73.4 cm³/mol. The topological polar surface area (TPSA) is 75.6 Å². The molecule has 5 nitrogen and oxygen atoms in total. The van der Waals surface area contributed by atoms with Crippen molar-refractivity contribution in [3.8, 4) is 0 Å². The number of aliphatic hydroxyl groups is 1. The number of nitrogens with one attached hydrogen (secondary N) is 1. The van der Waals surface area contributed by atoms with Crippen LogP contribution in [0.2, 0.25) is 0 Å². The Morgan fingerprint density at radius 3 is 2.63 bits per heavy atom. The molecule has 0 aliphatic rings. The molecule has 0 aliphatic heterocycles. The Morgan fingerprint density at radius 2 is 2.05 bits per heavy atom. The molecule has 6 heteroatoms. The third-order valence-corrected chi connectivity index (χ3v) is 4.31. The van der Waals surface area contributed by atoms with Gasteiger partial charge in [0.2, 0.25) is 10.0 Å². The van der Waals surface area contributed by atoms with Gasteiger partial charge in [-0.3, -0.25) is 0 Å². The first-order chi connectivity index (χ1) is 8.88. The smallest absolute Gasteiger partial charge is 0.240 e.